The fourth-order valence-corrected chi connectivity index (χ4v) is 2.83. The van der Waals surface area contributed by atoms with Crippen molar-refractivity contribution in [1.29, 1.82) is 0 Å². The standard InChI is InChI=1S/C15H19N3/c1-2-18-13(8-10-17-18)11-12-7-9-16-15-6-4-3-5-14(12)15/h3-6,8,10,12,16H,2,7,9,11H2,1H3. The van der Waals surface area contributed by atoms with E-state index in [1.54, 1.807) is 0 Å². The molecular weight excluding hydrogens is 222 g/mol. The first kappa shape index (κ1) is 11.3. The summed E-state index contributed by atoms with van der Waals surface area (Å²) in [6.45, 7) is 4.17. The first-order chi connectivity index (χ1) is 8.88. The summed E-state index contributed by atoms with van der Waals surface area (Å²) < 4.78 is 2.10. The molecule has 1 N–H and O–H groups in total. The van der Waals surface area contributed by atoms with Crippen molar-refractivity contribution in [3.05, 3.63) is 47.8 Å². The van der Waals surface area contributed by atoms with E-state index in [0.717, 1.165) is 19.5 Å². The summed E-state index contributed by atoms with van der Waals surface area (Å²) in [5, 5.41) is 7.84. The number of para-hydroxylation sites is 1. The summed E-state index contributed by atoms with van der Waals surface area (Å²) in [5.41, 5.74) is 4.10. The van der Waals surface area contributed by atoms with Crippen molar-refractivity contribution in [2.45, 2.75) is 32.2 Å². The molecule has 94 valence electrons. The molecule has 0 fully saturated rings. The summed E-state index contributed by atoms with van der Waals surface area (Å²) in [7, 11) is 0. The number of fused-ring (bicyclic) bond motifs is 1. The van der Waals surface area contributed by atoms with Gasteiger partial charge in [0.05, 0.1) is 0 Å². The van der Waals surface area contributed by atoms with Crippen LogP contribution in [0.4, 0.5) is 5.69 Å². The van der Waals surface area contributed by atoms with Crippen LogP contribution < -0.4 is 5.32 Å². The molecule has 0 radical (unpaired) electrons. The molecule has 2 aromatic rings. The number of benzene rings is 1. The molecule has 0 saturated heterocycles. The van der Waals surface area contributed by atoms with E-state index in [2.05, 4.69) is 52.4 Å². The number of nitrogens with zero attached hydrogens (tertiary/aromatic N) is 2. The third kappa shape index (κ3) is 2.01. The van der Waals surface area contributed by atoms with E-state index in [0.29, 0.717) is 5.92 Å². The Morgan fingerprint density at radius 2 is 2.22 bits per heavy atom. The number of aryl methyl sites for hydroxylation is 1. The van der Waals surface area contributed by atoms with E-state index in [1.165, 1.54) is 23.4 Å². The Bertz CT molecular complexity index is 530. The average Bonchev–Trinajstić information content (AvgIpc) is 2.86. The van der Waals surface area contributed by atoms with Crippen molar-refractivity contribution in [2.24, 2.45) is 0 Å². The fraction of sp³-hybridized carbons (Fsp3) is 0.400. The number of nitrogens with one attached hydrogen (secondary N) is 1. The lowest BCUT2D eigenvalue weighted by atomic mass is 9.87. The number of anilines is 1. The van der Waals surface area contributed by atoms with Gasteiger partial charge in [-0.3, -0.25) is 4.68 Å². The van der Waals surface area contributed by atoms with Crippen molar-refractivity contribution in [1.82, 2.24) is 9.78 Å². The Morgan fingerprint density at radius 3 is 3.11 bits per heavy atom. The molecular formula is C15H19N3. The first-order valence-electron chi connectivity index (χ1n) is 6.72. The summed E-state index contributed by atoms with van der Waals surface area (Å²) >= 11 is 0. The van der Waals surface area contributed by atoms with Gasteiger partial charge in [0.1, 0.15) is 0 Å². The highest BCUT2D eigenvalue weighted by Crippen LogP contribution is 2.33. The maximum Gasteiger partial charge on any atom is 0.0492 e. The molecule has 0 bridgehead atoms. The lowest BCUT2D eigenvalue weighted by Crippen LogP contribution is -2.19. The van der Waals surface area contributed by atoms with Gasteiger partial charge in [0.2, 0.25) is 0 Å². The van der Waals surface area contributed by atoms with Crippen molar-refractivity contribution in [3.8, 4) is 0 Å². The highest BCUT2D eigenvalue weighted by atomic mass is 15.3. The van der Waals surface area contributed by atoms with Crippen molar-refractivity contribution in [3.63, 3.8) is 0 Å². The lowest BCUT2D eigenvalue weighted by Gasteiger charge is -2.26. The van der Waals surface area contributed by atoms with Gasteiger partial charge in [-0.2, -0.15) is 5.10 Å². The lowest BCUT2D eigenvalue weighted by molar-refractivity contribution is 0.561. The molecule has 1 aliphatic rings. The predicted octanol–water partition coefficient (Wildman–Crippen LogP) is 3.04. The molecule has 0 saturated carbocycles. The maximum atomic E-state index is 4.36. The summed E-state index contributed by atoms with van der Waals surface area (Å²) in [6.07, 6.45) is 4.20. The monoisotopic (exact) mass is 241 g/mol. The third-order valence-electron chi connectivity index (χ3n) is 3.77. The molecule has 3 rings (SSSR count). The molecule has 3 heteroatoms. The van der Waals surface area contributed by atoms with E-state index in [4.69, 9.17) is 0 Å². The maximum absolute atomic E-state index is 4.36. The Labute approximate surface area is 108 Å². The molecule has 0 aliphatic carbocycles. The topological polar surface area (TPSA) is 29.9 Å². The van der Waals surface area contributed by atoms with Gasteiger partial charge in [0, 0.05) is 30.7 Å². The van der Waals surface area contributed by atoms with E-state index < -0.39 is 0 Å². The molecule has 18 heavy (non-hydrogen) atoms. The number of hydrogen-bond donors (Lipinski definition) is 1. The Balaban J connectivity index is 1.86. The van der Waals surface area contributed by atoms with Gasteiger partial charge in [-0.25, -0.2) is 0 Å². The Kier molecular flexibility index (Phi) is 3.05. The second-order valence-electron chi connectivity index (χ2n) is 4.84. The summed E-state index contributed by atoms with van der Waals surface area (Å²) in [6, 6.07) is 10.8. The average molecular weight is 241 g/mol. The van der Waals surface area contributed by atoms with Gasteiger partial charge in [0.15, 0.2) is 0 Å². The highest BCUT2D eigenvalue weighted by Gasteiger charge is 2.20. The molecule has 0 amide bonds. The largest absolute Gasteiger partial charge is 0.385 e. The molecule has 1 aromatic carbocycles. The molecule has 0 spiro atoms. The SMILES string of the molecule is CCn1nccc1CC1CCNc2ccccc21. The van der Waals surface area contributed by atoms with Crippen LogP contribution in [0.2, 0.25) is 0 Å². The van der Waals surface area contributed by atoms with Crippen LogP contribution in [0.3, 0.4) is 0 Å². The number of rotatable bonds is 3. The zero-order valence-electron chi connectivity index (χ0n) is 10.8. The Morgan fingerprint density at radius 1 is 1.33 bits per heavy atom. The third-order valence-corrected chi connectivity index (χ3v) is 3.77. The van der Waals surface area contributed by atoms with Crippen LogP contribution in [0.25, 0.3) is 0 Å². The van der Waals surface area contributed by atoms with Crippen LogP contribution in [-0.2, 0) is 13.0 Å². The number of aromatic nitrogens is 2. The van der Waals surface area contributed by atoms with E-state index >= 15 is 0 Å². The second kappa shape index (κ2) is 4.84. The second-order valence-corrected chi connectivity index (χ2v) is 4.84. The van der Waals surface area contributed by atoms with Crippen LogP contribution in [0.15, 0.2) is 36.5 Å². The molecule has 1 atom stereocenters. The smallest absolute Gasteiger partial charge is 0.0492 e. The van der Waals surface area contributed by atoms with Gasteiger partial charge >= 0.3 is 0 Å². The minimum absolute atomic E-state index is 0.615. The van der Waals surface area contributed by atoms with Crippen LogP contribution in [0, 0.1) is 0 Å². The van der Waals surface area contributed by atoms with Crippen molar-refractivity contribution in [2.75, 3.05) is 11.9 Å². The van der Waals surface area contributed by atoms with E-state index in [9.17, 15) is 0 Å². The molecule has 1 unspecified atom stereocenters. The van der Waals surface area contributed by atoms with Gasteiger partial charge < -0.3 is 5.32 Å². The van der Waals surface area contributed by atoms with Crippen molar-refractivity contribution >= 4 is 5.69 Å². The predicted molar refractivity (Wildman–Crippen MR) is 73.9 cm³/mol. The van der Waals surface area contributed by atoms with Gasteiger partial charge in [-0.05, 0) is 43.4 Å². The van der Waals surface area contributed by atoms with Crippen LogP contribution >= 0.6 is 0 Å². The molecule has 1 aliphatic heterocycles. The van der Waals surface area contributed by atoms with E-state index in [1.807, 2.05) is 6.20 Å². The van der Waals surface area contributed by atoms with E-state index in [-0.39, 0.29) is 0 Å². The zero-order valence-corrected chi connectivity index (χ0v) is 10.8. The van der Waals surface area contributed by atoms with Crippen LogP contribution in [0.5, 0.6) is 0 Å². The first-order valence-corrected chi connectivity index (χ1v) is 6.72. The van der Waals surface area contributed by atoms with Gasteiger partial charge in [0.25, 0.3) is 0 Å². The normalized spacial score (nSPS) is 18.2. The zero-order chi connectivity index (χ0) is 12.4. The van der Waals surface area contributed by atoms with Crippen LogP contribution in [0.1, 0.15) is 30.5 Å². The molecule has 2 heterocycles. The highest BCUT2D eigenvalue weighted by molar-refractivity contribution is 5.54. The van der Waals surface area contributed by atoms with Crippen molar-refractivity contribution < 1.29 is 0 Å². The van der Waals surface area contributed by atoms with Gasteiger partial charge in [-0.15, -0.1) is 0 Å². The van der Waals surface area contributed by atoms with Gasteiger partial charge in [-0.1, -0.05) is 18.2 Å². The minimum Gasteiger partial charge on any atom is -0.385 e. The fourth-order valence-electron chi connectivity index (χ4n) is 2.83. The summed E-state index contributed by atoms with van der Waals surface area (Å²) in [5.74, 6) is 0.615. The molecule has 3 nitrogen and oxygen atoms in total. The number of hydrogen-bond acceptors (Lipinski definition) is 2. The minimum atomic E-state index is 0.615. The molecule has 1 aromatic heterocycles. The summed E-state index contributed by atoms with van der Waals surface area (Å²) in [4.78, 5) is 0. The Hall–Kier alpha value is -1.77. The van der Waals surface area contributed by atoms with Crippen LogP contribution in [-0.4, -0.2) is 16.3 Å². The quantitative estimate of drug-likeness (QED) is 0.895.